The predicted molar refractivity (Wildman–Crippen MR) is 192 cm³/mol. The van der Waals surface area contributed by atoms with Crippen LogP contribution in [0.1, 0.15) is 187 Å². The molecule has 0 heterocycles. The molecule has 0 fully saturated rings. The molecule has 0 aliphatic heterocycles. The highest BCUT2D eigenvalue weighted by molar-refractivity contribution is 7.47. The van der Waals surface area contributed by atoms with Gasteiger partial charge < -0.3 is 20.1 Å². The molecule has 0 aromatic carbocycles. The fraction of sp³-hybridized carbons (Fsp3) is 0.919. The van der Waals surface area contributed by atoms with Crippen molar-refractivity contribution in [2.24, 2.45) is 5.73 Å². The van der Waals surface area contributed by atoms with E-state index in [2.05, 4.69) is 13.8 Å². The molecule has 274 valence electrons. The minimum atomic E-state index is -4.28. The highest BCUT2D eigenvalue weighted by atomic mass is 31.2. The van der Waals surface area contributed by atoms with E-state index in [1.807, 2.05) is 6.08 Å². The molecule has 0 radical (unpaired) electrons. The molecule has 2 atom stereocenters. The summed E-state index contributed by atoms with van der Waals surface area (Å²) in [6.45, 7) is 4.25. The topological polar surface area (TPSA) is 117 Å². The second kappa shape index (κ2) is 35.4. The Labute approximate surface area is 283 Å². The zero-order valence-electron chi connectivity index (χ0n) is 30.1. The molecule has 46 heavy (non-hydrogen) atoms. The number of hydrogen-bond donors (Lipinski definition) is 2. The first-order valence-corrected chi connectivity index (χ1v) is 20.7. The number of allylic oxidation sites excluding steroid dienone is 1. The summed E-state index contributed by atoms with van der Waals surface area (Å²) in [5, 5.41) is 0. The predicted octanol–water partition coefficient (Wildman–Crippen LogP) is 11.1. The van der Waals surface area contributed by atoms with Crippen molar-refractivity contribution in [1.29, 1.82) is 0 Å². The lowest BCUT2D eigenvalue weighted by Crippen LogP contribution is -2.27. The lowest BCUT2D eigenvalue weighted by Gasteiger charge is -2.19. The summed E-state index contributed by atoms with van der Waals surface area (Å²) >= 11 is 0. The van der Waals surface area contributed by atoms with Crippen molar-refractivity contribution in [1.82, 2.24) is 0 Å². The van der Waals surface area contributed by atoms with Gasteiger partial charge in [-0.25, -0.2) is 4.57 Å². The van der Waals surface area contributed by atoms with Gasteiger partial charge in [0.05, 0.1) is 19.5 Å². The largest absolute Gasteiger partial charge is 0.498 e. The van der Waals surface area contributed by atoms with Gasteiger partial charge in [-0.2, -0.15) is 0 Å². The van der Waals surface area contributed by atoms with Gasteiger partial charge >= 0.3 is 13.8 Å². The average Bonchev–Trinajstić information content (AvgIpc) is 3.04. The van der Waals surface area contributed by atoms with Crippen LogP contribution in [-0.2, 0) is 27.9 Å². The summed E-state index contributed by atoms with van der Waals surface area (Å²) in [5.74, 6) is -0.351. The van der Waals surface area contributed by atoms with E-state index in [0.717, 1.165) is 32.1 Å². The minimum Gasteiger partial charge on any atom is -0.498 e. The molecule has 8 nitrogen and oxygen atoms in total. The van der Waals surface area contributed by atoms with Crippen LogP contribution >= 0.6 is 7.82 Å². The van der Waals surface area contributed by atoms with E-state index in [1.54, 1.807) is 6.26 Å². The van der Waals surface area contributed by atoms with Gasteiger partial charge in [-0.05, 0) is 25.3 Å². The molecule has 0 saturated heterocycles. The number of esters is 1. The van der Waals surface area contributed by atoms with Gasteiger partial charge in [0.25, 0.3) is 0 Å². The zero-order chi connectivity index (χ0) is 33.8. The molecule has 0 aliphatic carbocycles. The van der Waals surface area contributed by atoms with Crippen LogP contribution in [0, 0.1) is 0 Å². The molecule has 0 aromatic rings. The van der Waals surface area contributed by atoms with Gasteiger partial charge in [-0.15, -0.1) is 0 Å². The molecule has 0 aliphatic rings. The Balaban J connectivity index is 4.12. The molecule has 0 rings (SSSR count). The van der Waals surface area contributed by atoms with Crippen LogP contribution < -0.4 is 5.73 Å². The number of carbonyl (C=O) groups is 1. The Morgan fingerprint density at radius 2 is 1.09 bits per heavy atom. The van der Waals surface area contributed by atoms with Crippen LogP contribution in [0.2, 0.25) is 0 Å². The number of phosphoric ester groups is 1. The number of carbonyl (C=O) groups excluding carboxylic acids is 1. The third-order valence-electron chi connectivity index (χ3n) is 8.28. The van der Waals surface area contributed by atoms with E-state index < -0.39 is 13.9 Å². The number of phosphoric acid groups is 1. The Morgan fingerprint density at radius 1 is 0.652 bits per heavy atom. The molecule has 0 bridgehead atoms. The van der Waals surface area contributed by atoms with Crippen molar-refractivity contribution in [2.75, 3.05) is 26.4 Å². The Morgan fingerprint density at radius 3 is 1.54 bits per heavy atom. The summed E-state index contributed by atoms with van der Waals surface area (Å²) < 4.78 is 33.0. The Hall–Kier alpha value is -0.920. The number of ether oxygens (including phenoxy) is 2. The highest BCUT2D eigenvalue weighted by Gasteiger charge is 2.25. The number of nitrogens with two attached hydrogens (primary N) is 1. The number of hydrogen-bond acceptors (Lipinski definition) is 7. The fourth-order valence-electron chi connectivity index (χ4n) is 5.43. The van der Waals surface area contributed by atoms with E-state index in [1.165, 1.54) is 135 Å². The second-order valence-corrected chi connectivity index (χ2v) is 14.3. The van der Waals surface area contributed by atoms with Crippen LogP contribution in [-0.4, -0.2) is 43.3 Å². The Bertz CT molecular complexity index is 722. The maximum atomic E-state index is 12.5. The van der Waals surface area contributed by atoms with Crippen molar-refractivity contribution >= 4 is 13.8 Å². The maximum Gasteiger partial charge on any atom is 0.472 e. The van der Waals surface area contributed by atoms with Crippen LogP contribution in [0.3, 0.4) is 0 Å². The molecule has 0 saturated carbocycles. The molecule has 0 spiro atoms. The number of rotatable bonds is 37. The van der Waals surface area contributed by atoms with Gasteiger partial charge in [0.2, 0.25) is 0 Å². The minimum absolute atomic E-state index is 0.0379. The SMILES string of the molecule is CCCCCCCCCCCCCCC=COC[C@H](COP(=O)(O)OCCN)OC(=O)CCCCCCCCCCCCCCC. The fourth-order valence-corrected chi connectivity index (χ4v) is 6.20. The first-order valence-electron chi connectivity index (χ1n) is 19.2. The summed E-state index contributed by atoms with van der Waals surface area (Å²) in [6, 6.07) is 0. The quantitative estimate of drug-likeness (QED) is 0.0289. The second-order valence-electron chi connectivity index (χ2n) is 12.9. The molecule has 9 heteroatoms. The van der Waals surface area contributed by atoms with Gasteiger partial charge in [0.15, 0.2) is 6.10 Å². The normalized spacial score (nSPS) is 13.7. The van der Waals surface area contributed by atoms with Crippen molar-refractivity contribution in [3.63, 3.8) is 0 Å². The van der Waals surface area contributed by atoms with E-state index in [9.17, 15) is 14.3 Å². The molecule has 0 amide bonds. The first kappa shape index (κ1) is 45.1. The summed E-state index contributed by atoms with van der Waals surface area (Å²) in [4.78, 5) is 22.3. The standard InChI is InChI=1S/C37H74NO7P/c1-3-5-7-9-11-13-15-17-19-21-23-25-27-29-32-42-34-36(35-44-46(40,41)43-33-31-38)45-37(39)30-28-26-24-22-20-18-16-14-12-10-8-6-4-2/h29,32,36H,3-28,30-31,33-35,38H2,1-2H3,(H,40,41)/t36-/m1/s1. The van der Waals surface area contributed by atoms with E-state index in [-0.39, 0.29) is 32.3 Å². The van der Waals surface area contributed by atoms with Crippen LogP contribution in [0.25, 0.3) is 0 Å². The molecule has 3 N–H and O–H groups in total. The smallest absolute Gasteiger partial charge is 0.472 e. The van der Waals surface area contributed by atoms with Gasteiger partial charge in [-0.3, -0.25) is 13.8 Å². The summed E-state index contributed by atoms with van der Waals surface area (Å²) in [7, 11) is -4.28. The van der Waals surface area contributed by atoms with Crippen molar-refractivity contribution in [3.05, 3.63) is 12.3 Å². The molecular formula is C37H74NO7P. The maximum absolute atomic E-state index is 12.5. The summed E-state index contributed by atoms with van der Waals surface area (Å²) in [6.07, 6.45) is 36.0. The van der Waals surface area contributed by atoms with E-state index >= 15 is 0 Å². The lowest BCUT2D eigenvalue weighted by atomic mass is 10.0. The number of unbranched alkanes of at least 4 members (excludes halogenated alkanes) is 24. The third-order valence-corrected chi connectivity index (χ3v) is 9.26. The summed E-state index contributed by atoms with van der Waals surface area (Å²) in [5.41, 5.74) is 5.34. The van der Waals surface area contributed by atoms with Gasteiger partial charge in [0.1, 0.15) is 6.61 Å². The van der Waals surface area contributed by atoms with Crippen LogP contribution in [0.4, 0.5) is 0 Å². The highest BCUT2D eigenvalue weighted by Crippen LogP contribution is 2.43. The zero-order valence-corrected chi connectivity index (χ0v) is 31.0. The lowest BCUT2D eigenvalue weighted by molar-refractivity contribution is -0.153. The van der Waals surface area contributed by atoms with E-state index in [0.29, 0.717) is 6.42 Å². The molecular weight excluding hydrogens is 601 g/mol. The van der Waals surface area contributed by atoms with E-state index in [4.69, 9.17) is 24.3 Å². The monoisotopic (exact) mass is 676 g/mol. The van der Waals surface area contributed by atoms with Gasteiger partial charge in [0, 0.05) is 13.0 Å². The van der Waals surface area contributed by atoms with Crippen molar-refractivity contribution in [2.45, 2.75) is 193 Å². The van der Waals surface area contributed by atoms with Gasteiger partial charge in [-0.1, -0.05) is 162 Å². The average molecular weight is 676 g/mol. The molecule has 1 unspecified atom stereocenters. The Kier molecular flexibility index (Phi) is 34.7. The van der Waals surface area contributed by atoms with Crippen LogP contribution in [0.15, 0.2) is 12.3 Å². The van der Waals surface area contributed by atoms with Crippen molar-refractivity contribution < 1.29 is 32.8 Å². The molecule has 0 aromatic heterocycles. The van der Waals surface area contributed by atoms with Crippen LogP contribution in [0.5, 0.6) is 0 Å². The third kappa shape index (κ3) is 34.4. The first-order chi connectivity index (χ1) is 22.4. The van der Waals surface area contributed by atoms with Crippen molar-refractivity contribution in [3.8, 4) is 0 Å².